The number of hydrogen-bond donors (Lipinski definition) is 2. The number of H-pyrrole nitrogens is 1. The minimum atomic E-state index is -0.171. The van der Waals surface area contributed by atoms with Crippen LogP contribution in [0.3, 0.4) is 0 Å². The van der Waals surface area contributed by atoms with E-state index < -0.39 is 0 Å². The summed E-state index contributed by atoms with van der Waals surface area (Å²) in [4.78, 5) is 30.6. The van der Waals surface area contributed by atoms with Crippen LogP contribution >= 0.6 is 0 Å². The number of hydrogen-bond acceptors (Lipinski definition) is 3. The molecule has 4 rings (SSSR count). The van der Waals surface area contributed by atoms with Crippen molar-refractivity contribution in [3.63, 3.8) is 0 Å². The summed E-state index contributed by atoms with van der Waals surface area (Å²) in [6, 6.07) is 16.9. The summed E-state index contributed by atoms with van der Waals surface area (Å²) in [6.07, 6.45) is 4.13. The number of urea groups is 1. The van der Waals surface area contributed by atoms with Crippen molar-refractivity contribution in [2.75, 3.05) is 11.9 Å². The van der Waals surface area contributed by atoms with Crippen LogP contribution in [0.2, 0.25) is 0 Å². The largest absolute Gasteiger partial charge is 0.494 e. The minimum absolute atomic E-state index is 0.138. The van der Waals surface area contributed by atoms with E-state index in [1.807, 2.05) is 66.4 Å². The highest BCUT2D eigenvalue weighted by Gasteiger charge is 2.27. The Morgan fingerprint density at radius 1 is 1.13 bits per heavy atom. The molecule has 2 amide bonds. The minimum Gasteiger partial charge on any atom is -0.494 e. The summed E-state index contributed by atoms with van der Waals surface area (Å²) < 4.78 is 5.58. The molecule has 30 heavy (non-hydrogen) atoms. The molecular weight excluding hydrogens is 378 g/mol. The van der Waals surface area contributed by atoms with Crippen LogP contribution in [0.15, 0.2) is 59.4 Å². The lowest BCUT2D eigenvalue weighted by atomic mass is 10.1. The second kappa shape index (κ2) is 9.03. The van der Waals surface area contributed by atoms with Gasteiger partial charge < -0.3 is 19.9 Å². The zero-order valence-electron chi connectivity index (χ0n) is 17.2. The summed E-state index contributed by atoms with van der Waals surface area (Å²) >= 11 is 0. The summed E-state index contributed by atoms with van der Waals surface area (Å²) in [5, 5.41) is 3.87. The fourth-order valence-corrected chi connectivity index (χ4v) is 4.09. The van der Waals surface area contributed by atoms with Gasteiger partial charge in [-0.05, 0) is 56.2 Å². The maximum Gasteiger partial charge on any atom is 0.322 e. The topological polar surface area (TPSA) is 74.4 Å². The van der Waals surface area contributed by atoms with Crippen LogP contribution in [0, 0.1) is 0 Å². The van der Waals surface area contributed by atoms with Crippen LogP contribution < -0.4 is 15.6 Å². The first-order chi connectivity index (χ1) is 14.6. The number of ether oxygens (including phenoxy) is 1. The SMILES string of the molecule is CCOc1ccc2[nH]c(=O)c(CN(C(=O)Nc3ccccc3)C3CCCC3)cc2c1. The molecule has 3 aromatic rings. The van der Waals surface area contributed by atoms with Crippen molar-refractivity contribution in [1.82, 2.24) is 9.88 Å². The molecule has 0 spiro atoms. The van der Waals surface area contributed by atoms with E-state index in [0.717, 1.165) is 48.0 Å². The number of aromatic amines is 1. The number of aromatic nitrogens is 1. The fourth-order valence-electron chi connectivity index (χ4n) is 4.09. The molecule has 6 nitrogen and oxygen atoms in total. The van der Waals surface area contributed by atoms with Gasteiger partial charge in [0.1, 0.15) is 5.75 Å². The first kappa shape index (κ1) is 20.0. The molecular formula is C24H27N3O3. The molecule has 1 aliphatic rings. The third kappa shape index (κ3) is 4.48. The van der Waals surface area contributed by atoms with Crippen LogP contribution in [0.4, 0.5) is 10.5 Å². The van der Waals surface area contributed by atoms with Crippen LogP contribution in [-0.2, 0) is 6.54 Å². The third-order valence-corrected chi connectivity index (χ3v) is 5.60. The molecule has 0 saturated heterocycles. The standard InChI is InChI=1S/C24H27N3O3/c1-2-30-21-12-13-22-17(15-21)14-18(23(28)26-22)16-27(20-10-6-7-11-20)24(29)25-19-8-4-3-5-9-19/h3-5,8-9,12-15,20H,2,6-7,10-11,16H2,1H3,(H,25,29)(H,26,28). The Morgan fingerprint density at radius 3 is 2.63 bits per heavy atom. The number of carbonyl (C=O) groups is 1. The second-order valence-electron chi connectivity index (χ2n) is 7.67. The number of pyridine rings is 1. The molecule has 0 radical (unpaired) electrons. The number of anilines is 1. The molecule has 1 heterocycles. The van der Waals surface area contributed by atoms with Gasteiger partial charge in [0.15, 0.2) is 0 Å². The molecule has 1 saturated carbocycles. The predicted molar refractivity (Wildman–Crippen MR) is 119 cm³/mol. The average Bonchev–Trinajstić information content (AvgIpc) is 3.28. The molecule has 1 fully saturated rings. The van der Waals surface area contributed by atoms with Crippen LogP contribution in [0.5, 0.6) is 5.75 Å². The van der Waals surface area contributed by atoms with Crippen molar-refractivity contribution in [2.24, 2.45) is 0 Å². The van der Waals surface area contributed by atoms with Gasteiger partial charge >= 0.3 is 6.03 Å². The van der Waals surface area contributed by atoms with Crippen molar-refractivity contribution < 1.29 is 9.53 Å². The average molecular weight is 405 g/mol. The number of amides is 2. The molecule has 156 valence electrons. The normalized spacial score (nSPS) is 14.0. The van der Waals surface area contributed by atoms with E-state index in [2.05, 4.69) is 10.3 Å². The quantitative estimate of drug-likeness (QED) is 0.612. The summed E-state index contributed by atoms with van der Waals surface area (Å²) in [7, 11) is 0. The highest BCUT2D eigenvalue weighted by molar-refractivity contribution is 5.89. The predicted octanol–water partition coefficient (Wildman–Crippen LogP) is 4.90. The maximum absolute atomic E-state index is 13.1. The van der Waals surface area contributed by atoms with E-state index in [1.165, 1.54) is 0 Å². The van der Waals surface area contributed by atoms with Gasteiger partial charge in [-0.25, -0.2) is 4.79 Å². The molecule has 2 aromatic carbocycles. The van der Waals surface area contributed by atoms with Gasteiger partial charge in [-0.1, -0.05) is 31.0 Å². The van der Waals surface area contributed by atoms with E-state index in [1.54, 1.807) is 0 Å². The Kier molecular flexibility index (Phi) is 6.02. The zero-order valence-corrected chi connectivity index (χ0v) is 17.2. The van der Waals surface area contributed by atoms with Crippen LogP contribution in [-0.4, -0.2) is 28.6 Å². The highest BCUT2D eigenvalue weighted by atomic mass is 16.5. The van der Waals surface area contributed by atoms with E-state index in [4.69, 9.17) is 4.74 Å². The number of nitrogens with one attached hydrogen (secondary N) is 2. The van der Waals surface area contributed by atoms with Gasteiger partial charge in [0.05, 0.1) is 13.2 Å². The Morgan fingerprint density at radius 2 is 1.90 bits per heavy atom. The zero-order chi connectivity index (χ0) is 20.9. The second-order valence-corrected chi connectivity index (χ2v) is 7.67. The van der Waals surface area contributed by atoms with Gasteiger partial charge in [-0.15, -0.1) is 0 Å². The molecule has 0 aliphatic heterocycles. The summed E-state index contributed by atoms with van der Waals surface area (Å²) in [6.45, 7) is 2.79. The van der Waals surface area contributed by atoms with Crippen molar-refractivity contribution in [3.05, 3.63) is 70.5 Å². The lowest BCUT2D eigenvalue weighted by molar-refractivity contribution is 0.184. The van der Waals surface area contributed by atoms with Crippen LogP contribution in [0.1, 0.15) is 38.2 Å². The Bertz CT molecular complexity index is 1070. The maximum atomic E-state index is 13.1. The smallest absolute Gasteiger partial charge is 0.322 e. The van der Waals surface area contributed by atoms with Crippen molar-refractivity contribution in [1.29, 1.82) is 0 Å². The van der Waals surface area contributed by atoms with Crippen molar-refractivity contribution in [3.8, 4) is 5.75 Å². The van der Waals surface area contributed by atoms with Gasteiger partial charge in [-0.2, -0.15) is 0 Å². The van der Waals surface area contributed by atoms with Crippen LogP contribution in [0.25, 0.3) is 10.9 Å². The Labute approximate surface area is 175 Å². The summed E-state index contributed by atoms with van der Waals surface area (Å²) in [5.74, 6) is 0.762. The first-order valence-corrected chi connectivity index (χ1v) is 10.6. The molecule has 2 N–H and O–H groups in total. The van der Waals surface area contributed by atoms with Gasteiger partial charge in [0, 0.05) is 28.2 Å². The highest BCUT2D eigenvalue weighted by Crippen LogP contribution is 2.26. The number of rotatable bonds is 6. The summed E-state index contributed by atoms with van der Waals surface area (Å²) in [5.41, 5.74) is 1.92. The van der Waals surface area contributed by atoms with Crippen molar-refractivity contribution in [2.45, 2.75) is 45.2 Å². The number of fused-ring (bicyclic) bond motifs is 1. The molecule has 0 unspecified atom stereocenters. The molecule has 6 heteroatoms. The Hall–Kier alpha value is -3.28. The van der Waals surface area contributed by atoms with E-state index in [-0.39, 0.29) is 24.2 Å². The molecule has 0 atom stereocenters. The lowest BCUT2D eigenvalue weighted by Crippen LogP contribution is -2.42. The third-order valence-electron chi connectivity index (χ3n) is 5.60. The fraction of sp³-hybridized carbons (Fsp3) is 0.333. The van der Waals surface area contributed by atoms with Gasteiger partial charge in [-0.3, -0.25) is 4.79 Å². The van der Waals surface area contributed by atoms with Crippen molar-refractivity contribution >= 4 is 22.6 Å². The number of para-hydroxylation sites is 1. The number of carbonyl (C=O) groups excluding carboxylic acids is 1. The first-order valence-electron chi connectivity index (χ1n) is 10.6. The van der Waals surface area contributed by atoms with E-state index >= 15 is 0 Å². The molecule has 0 bridgehead atoms. The lowest BCUT2D eigenvalue weighted by Gasteiger charge is -2.29. The number of benzene rings is 2. The molecule has 1 aliphatic carbocycles. The van der Waals surface area contributed by atoms with E-state index in [9.17, 15) is 9.59 Å². The molecule has 1 aromatic heterocycles. The monoisotopic (exact) mass is 405 g/mol. The Balaban J connectivity index is 1.63. The van der Waals surface area contributed by atoms with Gasteiger partial charge in [0.25, 0.3) is 5.56 Å². The number of nitrogens with zero attached hydrogens (tertiary/aromatic N) is 1. The van der Waals surface area contributed by atoms with Gasteiger partial charge in [0.2, 0.25) is 0 Å². The van der Waals surface area contributed by atoms with E-state index in [0.29, 0.717) is 12.2 Å².